The van der Waals surface area contributed by atoms with Crippen LogP contribution in [0.1, 0.15) is 38.1 Å². The molecule has 0 unspecified atom stereocenters. The van der Waals surface area contributed by atoms with E-state index < -0.39 is 40.1 Å². The molecule has 2 N–H and O–H groups in total. The smallest absolute Gasteiger partial charge is 0.338 e. The second-order valence-electron chi connectivity index (χ2n) is 7.86. The Hall–Kier alpha value is -3.40. The number of urea groups is 1. The summed E-state index contributed by atoms with van der Waals surface area (Å²) < 4.78 is 32.4. The van der Waals surface area contributed by atoms with Crippen LogP contribution in [-0.2, 0) is 19.6 Å². The molecule has 0 saturated heterocycles. The van der Waals surface area contributed by atoms with Gasteiger partial charge in [-0.05, 0) is 58.0 Å². The van der Waals surface area contributed by atoms with Gasteiger partial charge in [-0.25, -0.2) is 18.0 Å². The first-order valence-electron chi connectivity index (χ1n) is 9.91. The molecule has 32 heavy (non-hydrogen) atoms. The van der Waals surface area contributed by atoms with E-state index in [-0.39, 0.29) is 17.0 Å². The average molecular weight is 462 g/mol. The van der Waals surface area contributed by atoms with Crippen molar-refractivity contribution in [2.75, 3.05) is 17.5 Å². The van der Waals surface area contributed by atoms with Gasteiger partial charge in [-0.15, -0.1) is 0 Å². The van der Waals surface area contributed by atoms with Crippen LogP contribution in [0.3, 0.4) is 0 Å². The van der Waals surface area contributed by atoms with Gasteiger partial charge < -0.3 is 10.1 Å². The number of hydrogen-bond donors (Lipinski definition) is 2. The van der Waals surface area contributed by atoms with Crippen molar-refractivity contribution in [2.45, 2.75) is 38.1 Å². The number of anilines is 1. The van der Waals surface area contributed by atoms with Crippen LogP contribution in [-0.4, -0.2) is 45.0 Å². The van der Waals surface area contributed by atoms with Crippen LogP contribution in [0.15, 0.2) is 59.5 Å². The highest BCUT2D eigenvalue weighted by Crippen LogP contribution is 2.24. The molecule has 0 aromatic heterocycles. The summed E-state index contributed by atoms with van der Waals surface area (Å²) in [4.78, 5) is 35.8. The van der Waals surface area contributed by atoms with Crippen molar-refractivity contribution in [3.63, 3.8) is 0 Å². The zero-order valence-corrected chi connectivity index (χ0v) is 19.2. The average Bonchev–Trinajstić information content (AvgIpc) is 2.71. The van der Waals surface area contributed by atoms with E-state index in [1.807, 2.05) is 0 Å². The minimum absolute atomic E-state index is 0.0397. The molecular weight excluding hydrogens is 434 g/mol. The molecule has 0 aliphatic carbocycles. The van der Waals surface area contributed by atoms with E-state index in [1.165, 1.54) is 28.6 Å². The lowest BCUT2D eigenvalue weighted by Crippen LogP contribution is -2.49. The van der Waals surface area contributed by atoms with Crippen LogP contribution >= 0.6 is 0 Å². The quantitative estimate of drug-likeness (QED) is 0.612. The van der Waals surface area contributed by atoms with Crippen LogP contribution in [0.5, 0.6) is 0 Å². The second kappa shape index (κ2) is 10.3. The van der Waals surface area contributed by atoms with Gasteiger partial charge in [0, 0.05) is 12.1 Å². The second-order valence-corrected chi connectivity index (χ2v) is 9.72. The number of benzene rings is 2. The van der Waals surface area contributed by atoms with Gasteiger partial charge in [0.25, 0.3) is 15.9 Å². The lowest BCUT2D eigenvalue weighted by atomic mass is 10.1. The van der Waals surface area contributed by atoms with Crippen molar-refractivity contribution in [3.8, 4) is 0 Å². The van der Waals surface area contributed by atoms with Crippen LogP contribution in [0.2, 0.25) is 0 Å². The van der Waals surface area contributed by atoms with Gasteiger partial charge in [0.15, 0.2) is 6.61 Å². The molecule has 2 aromatic rings. The number of imide groups is 1. The van der Waals surface area contributed by atoms with Gasteiger partial charge in [-0.3, -0.25) is 14.4 Å². The van der Waals surface area contributed by atoms with Crippen molar-refractivity contribution < 1.29 is 27.5 Å². The lowest BCUT2D eigenvalue weighted by Gasteiger charge is -2.23. The van der Waals surface area contributed by atoms with E-state index in [0.29, 0.717) is 5.69 Å². The standard InChI is InChI=1S/C22H27N3O6S/c1-5-25(17-11-7-6-8-12-17)32(29,30)18-13-9-10-16(14-18)20(27)31-15-19(26)23-21(28)24-22(2,3)4/h6-14H,5,15H2,1-4H3,(H2,23,24,26,28). The SMILES string of the molecule is CCN(c1ccccc1)S(=O)(=O)c1cccc(C(=O)OCC(=O)NC(=O)NC(C)(C)C)c1. The molecule has 0 bridgehead atoms. The van der Waals surface area contributed by atoms with Gasteiger partial charge in [0.2, 0.25) is 0 Å². The van der Waals surface area contributed by atoms with E-state index in [1.54, 1.807) is 58.0 Å². The van der Waals surface area contributed by atoms with Crippen LogP contribution in [0.4, 0.5) is 10.5 Å². The number of rotatable bonds is 7. The number of nitrogens with one attached hydrogen (secondary N) is 2. The Bertz CT molecular complexity index is 1080. The van der Waals surface area contributed by atoms with Crippen LogP contribution in [0.25, 0.3) is 0 Å². The van der Waals surface area contributed by atoms with Gasteiger partial charge in [-0.1, -0.05) is 24.3 Å². The van der Waals surface area contributed by atoms with E-state index in [4.69, 9.17) is 4.74 Å². The van der Waals surface area contributed by atoms with E-state index >= 15 is 0 Å². The number of nitrogens with zero attached hydrogens (tertiary/aromatic N) is 1. The minimum atomic E-state index is -3.93. The maximum absolute atomic E-state index is 13.1. The lowest BCUT2D eigenvalue weighted by molar-refractivity contribution is -0.123. The van der Waals surface area contributed by atoms with Gasteiger partial charge in [0.1, 0.15) is 0 Å². The molecule has 0 atom stereocenters. The monoisotopic (exact) mass is 461 g/mol. The highest BCUT2D eigenvalue weighted by Gasteiger charge is 2.25. The largest absolute Gasteiger partial charge is 0.452 e. The van der Waals surface area contributed by atoms with Crippen molar-refractivity contribution in [3.05, 3.63) is 60.2 Å². The molecule has 3 amide bonds. The molecule has 0 aliphatic rings. The molecule has 9 nitrogen and oxygen atoms in total. The maximum Gasteiger partial charge on any atom is 0.338 e. The van der Waals surface area contributed by atoms with Crippen molar-refractivity contribution in [2.24, 2.45) is 0 Å². The first kappa shape index (κ1) is 24.9. The van der Waals surface area contributed by atoms with Gasteiger partial charge in [0.05, 0.1) is 16.1 Å². The summed E-state index contributed by atoms with van der Waals surface area (Å²) in [6.07, 6.45) is 0. The first-order valence-corrected chi connectivity index (χ1v) is 11.3. The fourth-order valence-electron chi connectivity index (χ4n) is 2.75. The third-order valence-electron chi connectivity index (χ3n) is 4.06. The predicted octanol–water partition coefficient (Wildman–Crippen LogP) is 2.68. The Morgan fingerprint density at radius 1 is 1.00 bits per heavy atom. The Morgan fingerprint density at radius 2 is 1.66 bits per heavy atom. The van der Waals surface area contributed by atoms with Gasteiger partial charge in [-0.2, -0.15) is 0 Å². The van der Waals surface area contributed by atoms with Crippen molar-refractivity contribution in [1.82, 2.24) is 10.6 Å². The number of para-hydroxylation sites is 1. The molecule has 172 valence electrons. The molecule has 2 rings (SSSR count). The number of carbonyl (C=O) groups is 3. The molecule has 2 aromatic carbocycles. The fourth-order valence-corrected chi connectivity index (χ4v) is 4.27. The number of sulfonamides is 1. The topological polar surface area (TPSA) is 122 Å². The maximum atomic E-state index is 13.1. The Kier molecular flexibility index (Phi) is 7.98. The Morgan fingerprint density at radius 3 is 2.25 bits per heavy atom. The molecule has 0 fully saturated rings. The zero-order chi connectivity index (χ0) is 23.9. The number of esters is 1. The number of ether oxygens (including phenoxy) is 1. The van der Waals surface area contributed by atoms with Crippen molar-refractivity contribution in [1.29, 1.82) is 0 Å². The molecule has 0 radical (unpaired) electrons. The number of amides is 3. The number of carbonyl (C=O) groups excluding carboxylic acids is 3. The highest BCUT2D eigenvalue weighted by molar-refractivity contribution is 7.92. The summed E-state index contributed by atoms with van der Waals surface area (Å²) in [5.41, 5.74) is -0.0886. The van der Waals surface area contributed by atoms with Gasteiger partial charge >= 0.3 is 12.0 Å². The third-order valence-corrected chi connectivity index (χ3v) is 5.96. The minimum Gasteiger partial charge on any atom is -0.452 e. The predicted molar refractivity (Wildman–Crippen MR) is 120 cm³/mol. The molecule has 10 heteroatoms. The fraction of sp³-hybridized carbons (Fsp3) is 0.318. The summed E-state index contributed by atoms with van der Waals surface area (Å²) in [6.45, 7) is 6.44. The molecule has 0 aliphatic heterocycles. The summed E-state index contributed by atoms with van der Waals surface area (Å²) in [5.74, 6) is -1.71. The van der Waals surface area contributed by atoms with E-state index in [0.717, 1.165) is 0 Å². The number of hydrogen-bond acceptors (Lipinski definition) is 6. The molecule has 0 saturated carbocycles. The highest BCUT2D eigenvalue weighted by atomic mass is 32.2. The van der Waals surface area contributed by atoms with Crippen molar-refractivity contribution >= 4 is 33.6 Å². The molecule has 0 heterocycles. The summed E-state index contributed by atoms with van der Waals surface area (Å²) in [7, 11) is -3.93. The third kappa shape index (κ3) is 6.81. The zero-order valence-electron chi connectivity index (χ0n) is 18.4. The summed E-state index contributed by atoms with van der Waals surface area (Å²) in [5, 5.41) is 4.59. The van der Waals surface area contributed by atoms with Crippen LogP contribution in [0, 0.1) is 0 Å². The normalized spacial score (nSPS) is 11.4. The summed E-state index contributed by atoms with van der Waals surface area (Å²) >= 11 is 0. The molecule has 0 spiro atoms. The van der Waals surface area contributed by atoms with E-state index in [2.05, 4.69) is 10.6 Å². The Labute approximate surface area is 187 Å². The molecular formula is C22H27N3O6S. The first-order chi connectivity index (χ1) is 14.9. The Balaban J connectivity index is 2.09. The van der Waals surface area contributed by atoms with Crippen LogP contribution < -0.4 is 14.9 Å². The summed E-state index contributed by atoms with van der Waals surface area (Å²) in [6, 6.07) is 13.2. The van der Waals surface area contributed by atoms with E-state index in [9.17, 15) is 22.8 Å².